The first-order chi connectivity index (χ1) is 9.75. The van der Waals surface area contributed by atoms with E-state index in [4.69, 9.17) is 5.73 Å². The molecule has 2 N–H and O–H groups in total. The summed E-state index contributed by atoms with van der Waals surface area (Å²) in [7, 11) is 0. The average Bonchev–Trinajstić information content (AvgIpc) is 2.47. The summed E-state index contributed by atoms with van der Waals surface area (Å²) >= 11 is 0. The second-order valence-electron chi connectivity index (χ2n) is 5.97. The predicted molar refractivity (Wildman–Crippen MR) is 86.1 cm³/mol. The largest absolute Gasteiger partial charge is 0.324 e. The van der Waals surface area contributed by atoms with E-state index >= 15 is 0 Å². The number of benzene rings is 3. The Hall–Kier alpha value is -1.86. The van der Waals surface area contributed by atoms with Crippen LogP contribution in [0.1, 0.15) is 35.6 Å². The molecule has 0 aromatic heterocycles. The van der Waals surface area contributed by atoms with E-state index in [1.165, 1.54) is 51.1 Å². The standard InChI is InChI=1S/C19H19N/c1-12-11-17-16(15-7-3-2-6-14(12)15)10-9-13-5-4-8-18(20)19(13)17/h2-3,6-7,9-11,18H,4-5,8,20H2,1H3. The van der Waals surface area contributed by atoms with Crippen LogP contribution < -0.4 is 5.73 Å². The summed E-state index contributed by atoms with van der Waals surface area (Å²) in [4.78, 5) is 0. The van der Waals surface area contributed by atoms with Crippen molar-refractivity contribution in [3.63, 3.8) is 0 Å². The Kier molecular flexibility index (Phi) is 2.58. The molecule has 0 saturated heterocycles. The topological polar surface area (TPSA) is 26.0 Å². The molecule has 1 atom stereocenters. The minimum atomic E-state index is 0.197. The van der Waals surface area contributed by atoms with E-state index in [2.05, 4.69) is 49.4 Å². The van der Waals surface area contributed by atoms with Crippen LogP contribution in [0.3, 0.4) is 0 Å². The lowest BCUT2D eigenvalue weighted by Gasteiger charge is -2.25. The zero-order valence-electron chi connectivity index (χ0n) is 11.8. The van der Waals surface area contributed by atoms with Crippen molar-refractivity contribution in [2.24, 2.45) is 5.73 Å². The quantitative estimate of drug-likeness (QED) is 0.586. The minimum absolute atomic E-state index is 0.197. The number of fused-ring (bicyclic) bond motifs is 5. The monoisotopic (exact) mass is 261 g/mol. The molecule has 0 heterocycles. The van der Waals surface area contributed by atoms with Gasteiger partial charge in [0.2, 0.25) is 0 Å². The van der Waals surface area contributed by atoms with Gasteiger partial charge in [0.1, 0.15) is 0 Å². The summed E-state index contributed by atoms with van der Waals surface area (Å²) in [6.45, 7) is 2.20. The molecule has 1 heteroatoms. The van der Waals surface area contributed by atoms with Gasteiger partial charge in [-0.15, -0.1) is 0 Å². The van der Waals surface area contributed by atoms with E-state index in [9.17, 15) is 0 Å². The Bertz CT molecular complexity index is 817. The Labute approximate surface area is 119 Å². The maximum atomic E-state index is 6.41. The van der Waals surface area contributed by atoms with Gasteiger partial charge in [-0.05, 0) is 64.4 Å². The van der Waals surface area contributed by atoms with Crippen LogP contribution in [0.15, 0.2) is 42.5 Å². The molecule has 4 rings (SSSR count). The van der Waals surface area contributed by atoms with Crippen LogP contribution in [-0.4, -0.2) is 0 Å². The fraction of sp³-hybridized carbons (Fsp3) is 0.263. The highest BCUT2D eigenvalue weighted by Gasteiger charge is 2.20. The van der Waals surface area contributed by atoms with E-state index in [0.29, 0.717) is 0 Å². The SMILES string of the molecule is Cc1cc2c3c(ccc2c2ccccc12)CCCC3N. The van der Waals surface area contributed by atoms with Gasteiger partial charge in [0.15, 0.2) is 0 Å². The molecule has 0 radical (unpaired) electrons. The first kappa shape index (κ1) is 11.9. The Morgan fingerprint density at radius 3 is 2.55 bits per heavy atom. The highest BCUT2D eigenvalue weighted by atomic mass is 14.6. The van der Waals surface area contributed by atoms with Gasteiger partial charge >= 0.3 is 0 Å². The Morgan fingerprint density at radius 1 is 0.950 bits per heavy atom. The normalized spacial score (nSPS) is 18.4. The second kappa shape index (κ2) is 4.32. The molecule has 1 aliphatic rings. The van der Waals surface area contributed by atoms with Crippen molar-refractivity contribution in [2.75, 3.05) is 0 Å². The zero-order chi connectivity index (χ0) is 13.7. The van der Waals surface area contributed by atoms with E-state index in [1.807, 2.05) is 0 Å². The summed E-state index contributed by atoms with van der Waals surface area (Å²) in [5.74, 6) is 0. The van der Waals surface area contributed by atoms with E-state index < -0.39 is 0 Å². The molecule has 0 aliphatic heterocycles. The fourth-order valence-corrected chi connectivity index (χ4v) is 3.74. The molecule has 3 aromatic carbocycles. The number of rotatable bonds is 0. The molecule has 1 aliphatic carbocycles. The molecule has 20 heavy (non-hydrogen) atoms. The van der Waals surface area contributed by atoms with Gasteiger partial charge in [-0.1, -0.05) is 42.5 Å². The lowest BCUT2D eigenvalue weighted by Crippen LogP contribution is -2.17. The summed E-state index contributed by atoms with van der Waals surface area (Å²) in [5.41, 5.74) is 10.6. The van der Waals surface area contributed by atoms with Crippen LogP contribution in [0, 0.1) is 6.92 Å². The third kappa shape index (κ3) is 1.60. The van der Waals surface area contributed by atoms with Crippen molar-refractivity contribution in [3.8, 4) is 0 Å². The second-order valence-corrected chi connectivity index (χ2v) is 5.97. The summed E-state index contributed by atoms with van der Waals surface area (Å²) in [6, 6.07) is 15.8. The van der Waals surface area contributed by atoms with Gasteiger partial charge < -0.3 is 5.73 Å². The minimum Gasteiger partial charge on any atom is -0.324 e. The van der Waals surface area contributed by atoms with Crippen LogP contribution in [0.2, 0.25) is 0 Å². The van der Waals surface area contributed by atoms with E-state index in [-0.39, 0.29) is 6.04 Å². The highest BCUT2D eigenvalue weighted by molar-refractivity contribution is 6.10. The first-order valence-electron chi connectivity index (χ1n) is 7.45. The summed E-state index contributed by atoms with van der Waals surface area (Å²) in [5, 5.41) is 5.42. The number of aryl methyl sites for hydroxylation is 2. The molecular formula is C19H19N. The fourth-order valence-electron chi connectivity index (χ4n) is 3.74. The van der Waals surface area contributed by atoms with Gasteiger partial charge in [-0.25, -0.2) is 0 Å². The maximum absolute atomic E-state index is 6.41. The molecule has 0 fully saturated rings. The van der Waals surface area contributed by atoms with Crippen LogP contribution in [0.25, 0.3) is 21.5 Å². The third-order valence-electron chi connectivity index (χ3n) is 4.71. The lowest BCUT2D eigenvalue weighted by molar-refractivity contribution is 0.575. The zero-order valence-corrected chi connectivity index (χ0v) is 11.8. The van der Waals surface area contributed by atoms with Crippen molar-refractivity contribution >= 4 is 21.5 Å². The number of hydrogen-bond acceptors (Lipinski definition) is 1. The third-order valence-corrected chi connectivity index (χ3v) is 4.71. The van der Waals surface area contributed by atoms with Gasteiger partial charge in [0, 0.05) is 6.04 Å². The van der Waals surface area contributed by atoms with E-state index in [1.54, 1.807) is 0 Å². The average molecular weight is 261 g/mol. The van der Waals surface area contributed by atoms with Gasteiger partial charge in [-0.3, -0.25) is 0 Å². The van der Waals surface area contributed by atoms with Crippen molar-refractivity contribution in [2.45, 2.75) is 32.2 Å². The van der Waals surface area contributed by atoms with Crippen molar-refractivity contribution in [3.05, 3.63) is 59.2 Å². The maximum Gasteiger partial charge on any atom is 0.0303 e. The Morgan fingerprint density at radius 2 is 1.70 bits per heavy atom. The van der Waals surface area contributed by atoms with Crippen molar-refractivity contribution in [1.82, 2.24) is 0 Å². The van der Waals surface area contributed by atoms with Gasteiger partial charge in [0.05, 0.1) is 0 Å². The predicted octanol–water partition coefficient (Wildman–Crippen LogP) is 4.64. The molecule has 0 saturated carbocycles. The number of nitrogens with two attached hydrogens (primary N) is 1. The van der Waals surface area contributed by atoms with Gasteiger partial charge in [-0.2, -0.15) is 0 Å². The highest BCUT2D eigenvalue weighted by Crippen LogP contribution is 2.37. The smallest absolute Gasteiger partial charge is 0.0303 e. The van der Waals surface area contributed by atoms with Crippen LogP contribution >= 0.6 is 0 Å². The first-order valence-corrected chi connectivity index (χ1v) is 7.45. The lowest BCUT2D eigenvalue weighted by atomic mass is 9.83. The van der Waals surface area contributed by atoms with Crippen molar-refractivity contribution < 1.29 is 0 Å². The van der Waals surface area contributed by atoms with Crippen LogP contribution in [-0.2, 0) is 6.42 Å². The summed E-state index contributed by atoms with van der Waals surface area (Å²) < 4.78 is 0. The van der Waals surface area contributed by atoms with E-state index in [0.717, 1.165) is 6.42 Å². The molecule has 100 valence electrons. The molecule has 0 bridgehead atoms. The van der Waals surface area contributed by atoms with Gasteiger partial charge in [0.25, 0.3) is 0 Å². The Balaban J connectivity index is 2.19. The van der Waals surface area contributed by atoms with Crippen LogP contribution in [0.4, 0.5) is 0 Å². The molecule has 1 nitrogen and oxygen atoms in total. The van der Waals surface area contributed by atoms with Crippen LogP contribution in [0.5, 0.6) is 0 Å². The number of hydrogen-bond donors (Lipinski definition) is 1. The molecular weight excluding hydrogens is 242 g/mol. The summed E-state index contributed by atoms with van der Waals surface area (Å²) in [6.07, 6.45) is 3.50. The molecule has 0 spiro atoms. The molecule has 0 amide bonds. The molecule has 1 unspecified atom stereocenters. The molecule has 3 aromatic rings. The van der Waals surface area contributed by atoms with Crippen molar-refractivity contribution in [1.29, 1.82) is 0 Å².